The average molecular weight is 282 g/mol. The summed E-state index contributed by atoms with van der Waals surface area (Å²) in [6.45, 7) is 0.00256. The van der Waals surface area contributed by atoms with Gasteiger partial charge in [0.1, 0.15) is 5.82 Å². The van der Waals surface area contributed by atoms with Crippen LogP contribution < -0.4 is 5.32 Å². The van der Waals surface area contributed by atoms with Crippen molar-refractivity contribution in [1.29, 1.82) is 0 Å². The Morgan fingerprint density at radius 2 is 2.20 bits per heavy atom. The van der Waals surface area contributed by atoms with Crippen molar-refractivity contribution in [2.45, 2.75) is 6.54 Å². The Kier molecular flexibility index (Phi) is 3.69. The standard InChI is InChI=1S/C11H8F2N4O3/c12-6-1-8(10(13)9(2-6)17(19)20)11(18)15-4-7-3-14-5-16-7/h1-3,5H,4H2,(H,14,16)(H,15,18). The van der Waals surface area contributed by atoms with Gasteiger partial charge >= 0.3 is 5.69 Å². The van der Waals surface area contributed by atoms with Crippen LogP contribution in [-0.4, -0.2) is 20.8 Å². The maximum Gasteiger partial charge on any atom is 0.308 e. The van der Waals surface area contributed by atoms with Crippen LogP contribution in [0.1, 0.15) is 16.1 Å². The number of benzene rings is 1. The molecule has 0 fully saturated rings. The number of aromatic nitrogens is 2. The first-order valence-electron chi connectivity index (χ1n) is 5.38. The first-order chi connectivity index (χ1) is 9.49. The molecule has 0 radical (unpaired) electrons. The molecule has 2 N–H and O–H groups in total. The Bertz CT molecular complexity index is 658. The van der Waals surface area contributed by atoms with Gasteiger partial charge in [0.05, 0.1) is 35.1 Å². The van der Waals surface area contributed by atoms with E-state index in [1.54, 1.807) is 0 Å². The van der Waals surface area contributed by atoms with E-state index in [4.69, 9.17) is 0 Å². The number of nitrogens with one attached hydrogen (secondary N) is 2. The number of H-pyrrole nitrogens is 1. The van der Waals surface area contributed by atoms with Gasteiger partial charge in [-0.1, -0.05) is 0 Å². The van der Waals surface area contributed by atoms with Crippen LogP contribution in [0.25, 0.3) is 0 Å². The molecule has 104 valence electrons. The van der Waals surface area contributed by atoms with Crippen LogP contribution in [0, 0.1) is 21.7 Å². The van der Waals surface area contributed by atoms with E-state index in [1.165, 1.54) is 12.5 Å². The monoisotopic (exact) mass is 282 g/mol. The number of halogens is 2. The Balaban J connectivity index is 2.23. The van der Waals surface area contributed by atoms with Crippen molar-refractivity contribution >= 4 is 11.6 Å². The third kappa shape index (κ3) is 2.76. The quantitative estimate of drug-likeness (QED) is 0.655. The Morgan fingerprint density at radius 3 is 2.80 bits per heavy atom. The molecule has 0 saturated carbocycles. The molecule has 1 amide bonds. The molecule has 9 heteroatoms. The maximum atomic E-state index is 13.7. The number of hydrogen-bond acceptors (Lipinski definition) is 4. The second-order valence-corrected chi connectivity index (χ2v) is 3.80. The van der Waals surface area contributed by atoms with Gasteiger partial charge in [0.25, 0.3) is 5.91 Å². The molecule has 2 rings (SSSR count). The van der Waals surface area contributed by atoms with Gasteiger partial charge < -0.3 is 10.3 Å². The van der Waals surface area contributed by atoms with E-state index in [-0.39, 0.29) is 6.54 Å². The third-order valence-electron chi connectivity index (χ3n) is 2.45. The van der Waals surface area contributed by atoms with Crippen molar-refractivity contribution in [3.05, 3.63) is 57.7 Å². The molecule has 1 heterocycles. The van der Waals surface area contributed by atoms with Crippen LogP contribution in [0.3, 0.4) is 0 Å². The molecule has 0 saturated heterocycles. The number of amides is 1. The van der Waals surface area contributed by atoms with Crippen molar-refractivity contribution in [1.82, 2.24) is 15.3 Å². The largest absolute Gasteiger partial charge is 0.347 e. The Hall–Kier alpha value is -2.84. The van der Waals surface area contributed by atoms with Crippen molar-refractivity contribution in [3.8, 4) is 0 Å². The summed E-state index contributed by atoms with van der Waals surface area (Å²) in [5.74, 6) is -3.40. The highest BCUT2D eigenvalue weighted by Gasteiger charge is 2.24. The zero-order chi connectivity index (χ0) is 14.7. The van der Waals surface area contributed by atoms with Crippen molar-refractivity contribution in [3.63, 3.8) is 0 Å². The van der Waals surface area contributed by atoms with Gasteiger partial charge in [0.15, 0.2) is 0 Å². The summed E-state index contributed by atoms with van der Waals surface area (Å²) in [4.78, 5) is 27.6. The highest BCUT2D eigenvalue weighted by molar-refractivity contribution is 5.95. The zero-order valence-corrected chi connectivity index (χ0v) is 9.89. The summed E-state index contributed by atoms with van der Waals surface area (Å²) >= 11 is 0. The van der Waals surface area contributed by atoms with Gasteiger partial charge in [0.2, 0.25) is 5.82 Å². The second kappa shape index (κ2) is 5.43. The van der Waals surface area contributed by atoms with Crippen molar-refractivity contribution in [2.24, 2.45) is 0 Å². The normalized spacial score (nSPS) is 10.3. The number of imidazole rings is 1. The molecule has 0 unspecified atom stereocenters. The van der Waals surface area contributed by atoms with Crippen LogP contribution in [0.15, 0.2) is 24.7 Å². The summed E-state index contributed by atoms with van der Waals surface area (Å²) in [6.07, 6.45) is 2.82. The fourth-order valence-corrected chi connectivity index (χ4v) is 1.53. The zero-order valence-electron chi connectivity index (χ0n) is 9.89. The van der Waals surface area contributed by atoms with E-state index >= 15 is 0 Å². The van der Waals surface area contributed by atoms with Crippen molar-refractivity contribution < 1.29 is 18.5 Å². The van der Waals surface area contributed by atoms with E-state index < -0.39 is 33.7 Å². The number of rotatable bonds is 4. The molecule has 1 aromatic carbocycles. The minimum Gasteiger partial charge on any atom is -0.347 e. The predicted molar refractivity (Wildman–Crippen MR) is 62.8 cm³/mol. The van der Waals surface area contributed by atoms with Gasteiger partial charge in [-0.15, -0.1) is 0 Å². The van der Waals surface area contributed by atoms with Crippen LogP contribution >= 0.6 is 0 Å². The highest BCUT2D eigenvalue weighted by atomic mass is 19.1. The molecule has 0 spiro atoms. The Labute approximate surface area is 110 Å². The average Bonchev–Trinajstić information content (AvgIpc) is 2.91. The smallest absolute Gasteiger partial charge is 0.308 e. The molecule has 0 aliphatic carbocycles. The number of nitrogens with zero attached hydrogens (tertiary/aromatic N) is 2. The predicted octanol–water partition coefficient (Wildman–Crippen LogP) is 1.53. The minimum absolute atomic E-state index is 0.00256. The van der Waals surface area contributed by atoms with Gasteiger partial charge in [-0.25, -0.2) is 9.37 Å². The second-order valence-electron chi connectivity index (χ2n) is 3.80. The van der Waals surface area contributed by atoms with Crippen molar-refractivity contribution in [2.75, 3.05) is 0 Å². The lowest BCUT2D eigenvalue weighted by Crippen LogP contribution is -2.24. The molecular formula is C11H8F2N4O3. The minimum atomic E-state index is -1.38. The maximum absolute atomic E-state index is 13.7. The molecule has 0 aliphatic rings. The number of aromatic amines is 1. The first kappa shape index (κ1) is 13.6. The molecule has 0 bridgehead atoms. The molecule has 0 atom stereocenters. The highest BCUT2D eigenvalue weighted by Crippen LogP contribution is 2.22. The van der Waals surface area contributed by atoms with Crippen LogP contribution in [-0.2, 0) is 6.54 Å². The van der Waals surface area contributed by atoms with Crippen LogP contribution in [0.4, 0.5) is 14.5 Å². The number of hydrogen-bond donors (Lipinski definition) is 2. The molecular weight excluding hydrogens is 274 g/mol. The van der Waals surface area contributed by atoms with Gasteiger partial charge in [-0.05, 0) is 6.07 Å². The van der Waals surface area contributed by atoms with E-state index in [9.17, 15) is 23.7 Å². The SMILES string of the molecule is O=C(NCc1cnc[nH]1)c1cc(F)cc([N+](=O)[O-])c1F. The lowest BCUT2D eigenvalue weighted by Gasteiger charge is -2.05. The summed E-state index contributed by atoms with van der Waals surface area (Å²) in [6, 6.07) is 1.02. The third-order valence-corrected chi connectivity index (χ3v) is 2.45. The molecule has 1 aromatic heterocycles. The molecule has 7 nitrogen and oxygen atoms in total. The van der Waals surface area contributed by atoms with E-state index in [0.29, 0.717) is 17.8 Å². The lowest BCUT2D eigenvalue weighted by molar-refractivity contribution is -0.387. The van der Waals surface area contributed by atoms with E-state index in [0.717, 1.165) is 0 Å². The summed E-state index contributed by atoms with van der Waals surface area (Å²) < 4.78 is 26.9. The van der Waals surface area contributed by atoms with Crippen LogP contribution in [0.5, 0.6) is 0 Å². The number of carbonyl (C=O) groups is 1. The van der Waals surface area contributed by atoms with E-state index in [1.807, 2.05) is 0 Å². The van der Waals surface area contributed by atoms with Gasteiger partial charge in [0, 0.05) is 6.20 Å². The number of nitro groups is 1. The molecule has 0 aliphatic heterocycles. The first-order valence-corrected chi connectivity index (χ1v) is 5.38. The Morgan fingerprint density at radius 1 is 1.45 bits per heavy atom. The number of nitro benzene ring substituents is 1. The van der Waals surface area contributed by atoms with Gasteiger partial charge in [-0.2, -0.15) is 4.39 Å². The fraction of sp³-hybridized carbons (Fsp3) is 0.0909. The summed E-state index contributed by atoms with van der Waals surface area (Å²) in [7, 11) is 0. The topological polar surface area (TPSA) is 101 Å². The number of carbonyl (C=O) groups excluding carboxylic acids is 1. The molecule has 2 aromatic rings. The lowest BCUT2D eigenvalue weighted by atomic mass is 10.1. The van der Waals surface area contributed by atoms with Gasteiger partial charge in [-0.3, -0.25) is 14.9 Å². The van der Waals surface area contributed by atoms with Crippen LogP contribution in [0.2, 0.25) is 0 Å². The summed E-state index contributed by atoms with van der Waals surface area (Å²) in [5, 5.41) is 12.8. The fourth-order valence-electron chi connectivity index (χ4n) is 1.53. The summed E-state index contributed by atoms with van der Waals surface area (Å²) in [5.41, 5.74) is -1.27. The molecule has 20 heavy (non-hydrogen) atoms. The van der Waals surface area contributed by atoms with E-state index in [2.05, 4.69) is 15.3 Å².